The first kappa shape index (κ1) is 18.4. The molecular weight excluding hydrogens is 435 g/mol. The van der Waals surface area contributed by atoms with Gasteiger partial charge in [0.25, 0.3) is 0 Å². The molecule has 0 aliphatic heterocycles. The highest BCUT2D eigenvalue weighted by Gasteiger charge is 2.36. The molecule has 4 aromatic rings. The van der Waals surface area contributed by atoms with Crippen molar-refractivity contribution in [3.05, 3.63) is 76.2 Å². The van der Waals surface area contributed by atoms with Crippen LogP contribution in [0, 0.1) is 6.92 Å². The van der Waals surface area contributed by atoms with E-state index in [9.17, 15) is 13.2 Å². The molecule has 0 aliphatic carbocycles. The topological polar surface area (TPSA) is 48.0 Å². The van der Waals surface area contributed by atoms with Gasteiger partial charge in [0.2, 0.25) is 0 Å². The second kappa shape index (κ2) is 6.90. The molecule has 0 aliphatic rings. The predicted molar refractivity (Wildman–Crippen MR) is 103 cm³/mol. The number of nitrogens with zero attached hydrogens (tertiary/aromatic N) is 5. The Hall–Kier alpha value is -2.94. The SMILES string of the molecule is Cc1c(C(F)(F)F)nc2ccc(/C=C/c3nc(Br)cn3-c3ccccc3)nn12. The van der Waals surface area contributed by atoms with Crippen molar-refractivity contribution in [2.75, 3.05) is 0 Å². The molecule has 5 nitrogen and oxygen atoms in total. The van der Waals surface area contributed by atoms with Crippen LogP contribution in [0.3, 0.4) is 0 Å². The third-order valence-electron chi connectivity index (χ3n) is 4.13. The molecule has 0 radical (unpaired) electrons. The molecule has 0 spiro atoms. The molecule has 28 heavy (non-hydrogen) atoms. The number of rotatable bonds is 3. The maximum Gasteiger partial charge on any atom is 0.435 e. The minimum atomic E-state index is -4.51. The van der Waals surface area contributed by atoms with Crippen molar-refractivity contribution in [2.45, 2.75) is 13.1 Å². The van der Waals surface area contributed by atoms with Gasteiger partial charge in [-0.25, -0.2) is 14.5 Å². The Morgan fingerprint density at radius 2 is 1.75 bits per heavy atom. The lowest BCUT2D eigenvalue weighted by Crippen LogP contribution is -2.08. The van der Waals surface area contributed by atoms with E-state index in [4.69, 9.17) is 0 Å². The first-order valence-electron chi connectivity index (χ1n) is 8.25. The van der Waals surface area contributed by atoms with Crippen molar-refractivity contribution >= 4 is 33.7 Å². The lowest BCUT2D eigenvalue weighted by molar-refractivity contribution is -0.141. The van der Waals surface area contributed by atoms with Crippen LogP contribution in [0.2, 0.25) is 0 Å². The van der Waals surface area contributed by atoms with E-state index in [-0.39, 0.29) is 11.3 Å². The first-order valence-corrected chi connectivity index (χ1v) is 9.04. The average Bonchev–Trinajstić information content (AvgIpc) is 3.20. The van der Waals surface area contributed by atoms with Crippen LogP contribution in [-0.2, 0) is 6.18 Å². The summed E-state index contributed by atoms with van der Waals surface area (Å²) in [6.45, 7) is 1.35. The van der Waals surface area contributed by atoms with Gasteiger partial charge in [0.1, 0.15) is 10.4 Å². The molecule has 0 saturated heterocycles. The normalized spacial score (nSPS) is 12.3. The summed E-state index contributed by atoms with van der Waals surface area (Å²) in [4.78, 5) is 8.04. The number of hydrogen-bond acceptors (Lipinski definition) is 3. The number of para-hydroxylation sites is 1. The van der Waals surface area contributed by atoms with Gasteiger partial charge in [-0.15, -0.1) is 0 Å². The highest BCUT2D eigenvalue weighted by atomic mass is 79.9. The zero-order valence-electron chi connectivity index (χ0n) is 14.5. The number of imidazole rings is 2. The van der Waals surface area contributed by atoms with Crippen LogP contribution in [0.1, 0.15) is 22.9 Å². The zero-order chi connectivity index (χ0) is 19.9. The Bertz CT molecular complexity index is 1180. The van der Waals surface area contributed by atoms with E-state index in [1.807, 2.05) is 41.1 Å². The predicted octanol–water partition coefficient (Wildman–Crippen LogP) is 5.18. The molecule has 9 heteroatoms. The number of benzene rings is 1. The standard InChI is InChI=1S/C19H13BrF3N5/c1-12-18(19(21,22)23)25-17-10-8-13(26-28(12)17)7-9-16-24-15(20)11-27(16)14-5-3-2-4-6-14/h2-11H,1H3/b9-7+. The molecule has 1 aromatic carbocycles. The number of aryl methyl sites for hydroxylation is 1. The summed E-state index contributed by atoms with van der Waals surface area (Å²) >= 11 is 3.37. The van der Waals surface area contributed by atoms with Gasteiger partial charge in [-0.05, 0) is 59.3 Å². The van der Waals surface area contributed by atoms with Crippen LogP contribution in [-0.4, -0.2) is 24.1 Å². The van der Waals surface area contributed by atoms with Crippen LogP contribution >= 0.6 is 15.9 Å². The number of aromatic nitrogens is 5. The summed E-state index contributed by atoms with van der Waals surface area (Å²) in [7, 11) is 0. The van der Waals surface area contributed by atoms with Crippen LogP contribution in [0.15, 0.2) is 53.3 Å². The summed E-state index contributed by atoms with van der Waals surface area (Å²) in [6, 6.07) is 12.8. The monoisotopic (exact) mass is 447 g/mol. The number of fused-ring (bicyclic) bond motifs is 1. The fraction of sp³-hybridized carbons (Fsp3) is 0.105. The van der Waals surface area contributed by atoms with Crippen molar-refractivity contribution in [3.8, 4) is 5.69 Å². The van der Waals surface area contributed by atoms with Crippen LogP contribution in [0.5, 0.6) is 0 Å². The smallest absolute Gasteiger partial charge is 0.299 e. The fourth-order valence-corrected chi connectivity index (χ4v) is 3.24. The Labute approximate surface area is 166 Å². The van der Waals surface area contributed by atoms with Crippen molar-refractivity contribution in [1.29, 1.82) is 0 Å². The molecule has 0 atom stereocenters. The van der Waals surface area contributed by atoms with Crippen LogP contribution in [0.25, 0.3) is 23.5 Å². The second-order valence-electron chi connectivity index (χ2n) is 6.03. The molecule has 0 amide bonds. The molecule has 142 valence electrons. The van der Waals surface area contributed by atoms with Gasteiger partial charge in [-0.2, -0.15) is 18.3 Å². The van der Waals surface area contributed by atoms with Crippen molar-refractivity contribution in [3.63, 3.8) is 0 Å². The quantitative estimate of drug-likeness (QED) is 0.434. The number of halogens is 4. The maximum absolute atomic E-state index is 13.0. The van der Waals surface area contributed by atoms with Gasteiger partial charge in [0, 0.05) is 11.9 Å². The number of hydrogen-bond donors (Lipinski definition) is 0. The van der Waals surface area contributed by atoms with E-state index in [1.54, 1.807) is 18.2 Å². The Balaban J connectivity index is 1.71. The highest BCUT2D eigenvalue weighted by Crippen LogP contribution is 2.31. The average molecular weight is 448 g/mol. The Morgan fingerprint density at radius 3 is 2.46 bits per heavy atom. The van der Waals surface area contributed by atoms with E-state index < -0.39 is 11.9 Å². The minimum Gasteiger partial charge on any atom is -0.299 e. The van der Waals surface area contributed by atoms with Crippen molar-refractivity contribution in [1.82, 2.24) is 24.1 Å². The molecule has 0 unspecified atom stereocenters. The van der Waals surface area contributed by atoms with Crippen molar-refractivity contribution in [2.24, 2.45) is 0 Å². The third kappa shape index (κ3) is 3.45. The molecule has 3 aromatic heterocycles. The van der Waals surface area contributed by atoms with Gasteiger partial charge in [-0.3, -0.25) is 4.57 Å². The molecule has 0 fully saturated rings. The van der Waals surface area contributed by atoms with Gasteiger partial charge in [-0.1, -0.05) is 18.2 Å². The molecular formula is C19H13BrF3N5. The lowest BCUT2D eigenvalue weighted by atomic mass is 10.3. The van der Waals surface area contributed by atoms with E-state index in [0.717, 1.165) is 5.69 Å². The van der Waals surface area contributed by atoms with Gasteiger partial charge in [0.15, 0.2) is 11.3 Å². The van der Waals surface area contributed by atoms with E-state index >= 15 is 0 Å². The zero-order valence-corrected chi connectivity index (χ0v) is 16.1. The van der Waals surface area contributed by atoms with Crippen molar-refractivity contribution < 1.29 is 13.2 Å². The van der Waals surface area contributed by atoms with Crippen LogP contribution in [0.4, 0.5) is 13.2 Å². The minimum absolute atomic E-state index is 0.0497. The molecule has 4 rings (SSSR count). The molecule has 0 saturated carbocycles. The summed E-state index contributed by atoms with van der Waals surface area (Å²) in [5, 5.41) is 4.25. The van der Waals surface area contributed by atoms with Crippen LogP contribution < -0.4 is 0 Å². The Kier molecular flexibility index (Phi) is 4.54. The van der Waals surface area contributed by atoms with E-state index in [2.05, 4.69) is 31.0 Å². The lowest BCUT2D eigenvalue weighted by Gasteiger charge is -2.04. The van der Waals surface area contributed by atoms with E-state index in [1.165, 1.54) is 17.5 Å². The number of alkyl halides is 3. The summed E-state index contributed by atoms with van der Waals surface area (Å²) in [6.07, 6.45) is 0.769. The largest absolute Gasteiger partial charge is 0.435 e. The highest BCUT2D eigenvalue weighted by molar-refractivity contribution is 9.10. The Morgan fingerprint density at radius 1 is 1.00 bits per heavy atom. The summed E-state index contributed by atoms with van der Waals surface area (Å²) in [5.41, 5.74) is 0.593. The van der Waals surface area contributed by atoms with Gasteiger partial charge < -0.3 is 0 Å². The maximum atomic E-state index is 13.0. The van der Waals surface area contributed by atoms with E-state index in [0.29, 0.717) is 16.1 Å². The first-order chi connectivity index (χ1) is 13.3. The third-order valence-corrected chi connectivity index (χ3v) is 4.51. The summed E-state index contributed by atoms with van der Waals surface area (Å²) in [5.74, 6) is 0.651. The molecule has 0 bridgehead atoms. The molecule has 3 heterocycles. The van der Waals surface area contributed by atoms with Gasteiger partial charge >= 0.3 is 6.18 Å². The van der Waals surface area contributed by atoms with Gasteiger partial charge in [0.05, 0.1) is 11.4 Å². The summed E-state index contributed by atoms with van der Waals surface area (Å²) < 4.78 is 42.9. The second-order valence-corrected chi connectivity index (χ2v) is 6.84. The molecule has 0 N–H and O–H groups in total. The fourth-order valence-electron chi connectivity index (χ4n) is 2.85.